The van der Waals surface area contributed by atoms with Gasteiger partial charge in [-0.2, -0.15) is 0 Å². The van der Waals surface area contributed by atoms with Crippen LogP contribution in [0.25, 0.3) is 38.7 Å². The van der Waals surface area contributed by atoms with Crippen LogP contribution in [0.2, 0.25) is 0 Å². The number of nitrogens with zero attached hydrogens (tertiary/aromatic N) is 1. The molecule has 5 N–H and O–H groups in total. The number of benzene rings is 6. The molecule has 2 unspecified atom stereocenters. The third-order valence-corrected chi connectivity index (χ3v) is 8.59. The minimum absolute atomic E-state index is 0.0642. The minimum atomic E-state index is -0.194. The second kappa shape index (κ2) is 13.2. The smallest absolute Gasteiger partial charge is 0.131 e. The fraction of sp³-hybridized carbons (Fsp3) is 0.0976. The van der Waals surface area contributed by atoms with Gasteiger partial charge in [-0.15, -0.1) is 0 Å². The Hall–Kier alpha value is -5.49. The summed E-state index contributed by atoms with van der Waals surface area (Å²) in [6.45, 7) is 2.42. The summed E-state index contributed by atoms with van der Waals surface area (Å²) in [6, 6.07) is 51.4. The van der Waals surface area contributed by atoms with Crippen molar-refractivity contribution in [2.24, 2.45) is 10.7 Å². The second-order valence-electron chi connectivity index (χ2n) is 11.4. The first kappa shape index (κ1) is 29.2. The zero-order chi connectivity index (χ0) is 31.3. The maximum Gasteiger partial charge on any atom is 0.131 e. The highest BCUT2D eigenvalue weighted by atomic mass is 15.3. The molecule has 5 heteroatoms. The van der Waals surface area contributed by atoms with Crippen LogP contribution in [-0.2, 0) is 0 Å². The van der Waals surface area contributed by atoms with E-state index in [1.165, 1.54) is 38.6 Å². The van der Waals surface area contributed by atoms with Crippen molar-refractivity contribution in [2.75, 3.05) is 6.67 Å². The summed E-state index contributed by atoms with van der Waals surface area (Å²) in [5, 5.41) is 13.0. The molecule has 7 rings (SSSR count). The summed E-state index contributed by atoms with van der Waals surface area (Å²) in [5.74, 6) is 0.884. The number of aliphatic imine (C=N–C) groups is 1. The quantitative estimate of drug-likeness (QED) is 0.133. The van der Waals surface area contributed by atoms with Crippen LogP contribution in [0.4, 0.5) is 0 Å². The number of hydrogen-bond acceptors (Lipinski definition) is 5. The van der Waals surface area contributed by atoms with Crippen molar-refractivity contribution >= 4 is 22.3 Å². The van der Waals surface area contributed by atoms with E-state index in [2.05, 4.69) is 143 Å². The van der Waals surface area contributed by atoms with Gasteiger partial charge in [-0.05, 0) is 56.6 Å². The number of fused-ring (bicyclic) bond motifs is 1. The molecule has 1 heterocycles. The van der Waals surface area contributed by atoms with Crippen LogP contribution >= 0.6 is 0 Å². The van der Waals surface area contributed by atoms with Crippen molar-refractivity contribution in [3.05, 3.63) is 174 Å². The molecule has 0 aromatic heterocycles. The molecular weight excluding hydrogens is 562 g/mol. The molecule has 6 aromatic rings. The Morgan fingerprint density at radius 2 is 1.24 bits per heavy atom. The van der Waals surface area contributed by atoms with Crippen LogP contribution in [0.1, 0.15) is 41.5 Å². The van der Waals surface area contributed by atoms with Gasteiger partial charge in [0, 0.05) is 11.3 Å². The average Bonchev–Trinajstić information content (AvgIpc) is 3.14. The molecule has 6 aromatic carbocycles. The van der Waals surface area contributed by atoms with Crippen LogP contribution in [0.3, 0.4) is 0 Å². The van der Waals surface area contributed by atoms with Gasteiger partial charge < -0.3 is 16.4 Å². The highest BCUT2D eigenvalue weighted by Crippen LogP contribution is 2.36. The standard InChI is InChI=1S/C41H37N5/c1-2-38(43-27-42)30-23-19-28(20-24-30)34-15-9-18-37-35(16-10-17-36(34)37)29-21-25-33(26-22-29)41-45-39(31-11-5-3-6-12-31)44-40(46-41)32-13-7-4-8-14-32/h2-26,39,41,43,45H,27,42H2,1H3,(H,44,46)/b38-2-. The monoisotopic (exact) mass is 599 g/mol. The molecule has 1 aliphatic rings. The molecule has 0 saturated carbocycles. The van der Waals surface area contributed by atoms with E-state index in [1.54, 1.807) is 0 Å². The van der Waals surface area contributed by atoms with Gasteiger partial charge in [0.1, 0.15) is 18.2 Å². The van der Waals surface area contributed by atoms with Gasteiger partial charge in [-0.3, -0.25) is 5.32 Å². The number of nitrogens with one attached hydrogen (secondary N) is 3. The topological polar surface area (TPSA) is 74.5 Å². The first-order valence-electron chi connectivity index (χ1n) is 15.8. The minimum Gasteiger partial charge on any atom is -0.372 e. The molecule has 0 amide bonds. The molecule has 0 radical (unpaired) electrons. The normalized spacial score (nSPS) is 16.5. The SMILES string of the molecule is C/C=C(\NCN)c1ccc(-c2cccc3c(-c4ccc(C5N=C(c6ccccc6)NC(c6ccccc6)N5)cc4)cccc23)cc1. The Kier molecular flexibility index (Phi) is 8.42. The Morgan fingerprint density at radius 3 is 1.83 bits per heavy atom. The predicted molar refractivity (Wildman–Crippen MR) is 192 cm³/mol. The largest absolute Gasteiger partial charge is 0.372 e. The van der Waals surface area contributed by atoms with Gasteiger partial charge in [0.25, 0.3) is 0 Å². The lowest BCUT2D eigenvalue weighted by atomic mass is 9.92. The predicted octanol–water partition coefficient (Wildman–Crippen LogP) is 8.38. The van der Waals surface area contributed by atoms with Crippen molar-refractivity contribution < 1.29 is 0 Å². The number of allylic oxidation sites excluding steroid dienone is 1. The Bertz CT molecular complexity index is 2000. The van der Waals surface area contributed by atoms with Crippen LogP contribution in [0.5, 0.6) is 0 Å². The van der Waals surface area contributed by atoms with Crippen LogP contribution < -0.4 is 21.7 Å². The molecule has 0 saturated heterocycles. The first-order chi connectivity index (χ1) is 22.7. The zero-order valence-electron chi connectivity index (χ0n) is 25.8. The zero-order valence-corrected chi connectivity index (χ0v) is 25.8. The highest BCUT2D eigenvalue weighted by molar-refractivity contribution is 6.04. The Balaban J connectivity index is 1.20. The van der Waals surface area contributed by atoms with Crippen LogP contribution in [-0.4, -0.2) is 12.5 Å². The molecule has 226 valence electrons. The van der Waals surface area contributed by atoms with E-state index < -0.39 is 0 Å². The van der Waals surface area contributed by atoms with Gasteiger partial charge in [0.2, 0.25) is 0 Å². The van der Waals surface area contributed by atoms with Gasteiger partial charge in [-0.1, -0.05) is 152 Å². The van der Waals surface area contributed by atoms with E-state index in [9.17, 15) is 0 Å². The summed E-state index contributed by atoms with van der Waals surface area (Å²) < 4.78 is 0. The van der Waals surface area contributed by atoms with Crippen LogP contribution in [0.15, 0.2) is 157 Å². The summed E-state index contributed by atoms with van der Waals surface area (Å²) in [7, 11) is 0. The number of rotatable bonds is 8. The van der Waals surface area contributed by atoms with Gasteiger partial charge in [-0.25, -0.2) is 4.99 Å². The van der Waals surface area contributed by atoms with Gasteiger partial charge >= 0.3 is 0 Å². The first-order valence-corrected chi connectivity index (χ1v) is 15.8. The van der Waals surface area contributed by atoms with E-state index >= 15 is 0 Å². The molecule has 1 aliphatic heterocycles. The lowest BCUT2D eigenvalue weighted by molar-refractivity contribution is 0.409. The number of nitrogens with two attached hydrogens (primary N) is 1. The van der Waals surface area contributed by atoms with E-state index in [4.69, 9.17) is 10.7 Å². The molecule has 46 heavy (non-hydrogen) atoms. The fourth-order valence-electron chi connectivity index (χ4n) is 6.26. The third kappa shape index (κ3) is 5.94. The molecule has 0 spiro atoms. The van der Waals surface area contributed by atoms with Crippen molar-refractivity contribution in [3.8, 4) is 22.3 Å². The summed E-state index contributed by atoms with van der Waals surface area (Å²) in [4.78, 5) is 5.11. The maximum absolute atomic E-state index is 5.73. The summed E-state index contributed by atoms with van der Waals surface area (Å²) in [6.07, 6.45) is 1.79. The fourth-order valence-corrected chi connectivity index (χ4v) is 6.26. The van der Waals surface area contributed by atoms with Crippen molar-refractivity contribution in [1.29, 1.82) is 0 Å². The number of amidine groups is 1. The molecule has 0 aliphatic carbocycles. The maximum atomic E-state index is 5.73. The molecule has 2 atom stereocenters. The summed E-state index contributed by atoms with van der Waals surface area (Å²) in [5.41, 5.74) is 16.0. The van der Waals surface area contributed by atoms with E-state index in [0.717, 1.165) is 28.2 Å². The van der Waals surface area contributed by atoms with Gasteiger partial charge in [0.15, 0.2) is 0 Å². The number of hydrogen-bond donors (Lipinski definition) is 4. The van der Waals surface area contributed by atoms with Crippen LogP contribution in [0, 0.1) is 0 Å². The van der Waals surface area contributed by atoms with Crippen molar-refractivity contribution in [2.45, 2.75) is 19.3 Å². The van der Waals surface area contributed by atoms with E-state index in [0.29, 0.717) is 6.67 Å². The molecule has 0 fully saturated rings. The van der Waals surface area contributed by atoms with E-state index in [1.807, 2.05) is 31.2 Å². The molecule has 5 nitrogen and oxygen atoms in total. The molecule has 0 bridgehead atoms. The molecular formula is C41H37N5. The van der Waals surface area contributed by atoms with Crippen molar-refractivity contribution in [1.82, 2.24) is 16.0 Å². The highest BCUT2D eigenvalue weighted by Gasteiger charge is 2.25. The Labute approximate surface area is 270 Å². The lowest BCUT2D eigenvalue weighted by Gasteiger charge is -2.32. The van der Waals surface area contributed by atoms with Gasteiger partial charge in [0.05, 0.1) is 6.67 Å². The van der Waals surface area contributed by atoms with E-state index in [-0.39, 0.29) is 12.3 Å². The summed E-state index contributed by atoms with van der Waals surface area (Å²) >= 11 is 0. The average molecular weight is 600 g/mol. The Morgan fingerprint density at radius 1 is 0.652 bits per heavy atom. The van der Waals surface area contributed by atoms with Crippen molar-refractivity contribution in [3.63, 3.8) is 0 Å². The third-order valence-electron chi connectivity index (χ3n) is 8.59. The second-order valence-corrected chi connectivity index (χ2v) is 11.4. The lowest BCUT2D eigenvalue weighted by Crippen LogP contribution is -2.44.